The van der Waals surface area contributed by atoms with Crippen molar-refractivity contribution in [3.63, 3.8) is 0 Å². The van der Waals surface area contributed by atoms with E-state index in [0.29, 0.717) is 31.1 Å². The van der Waals surface area contributed by atoms with Gasteiger partial charge in [0.1, 0.15) is 5.78 Å². The highest BCUT2D eigenvalue weighted by molar-refractivity contribution is 6.00. The van der Waals surface area contributed by atoms with Crippen molar-refractivity contribution in [2.75, 3.05) is 7.11 Å². The molecule has 0 aromatic rings. The van der Waals surface area contributed by atoms with Gasteiger partial charge in [0.15, 0.2) is 5.78 Å². The van der Waals surface area contributed by atoms with Gasteiger partial charge in [-0.3, -0.25) is 14.4 Å². The first-order valence-corrected chi connectivity index (χ1v) is 13.6. The number of hydrogen-bond acceptors (Lipinski definition) is 5. The summed E-state index contributed by atoms with van der Waals surface area (Å²) >= 11 is 0. The van der Waals surface area contributed by atoms with E-state index in [-0.39, 0.29) is 52.0 Å². The van der Waals surface area contributed by atoms with E-state index in [1.807, 2.05) is 13.8 Å². The Hall–Kier alpha value is -1.75. The number of rotatable bonds is 6. The van der Waals surface area contributed by atoms with E-state index in [1.54, 1.807) is 0 Å². The van der Waals surface area contributed by atoms with Crippen molar-refractivity contribution in [3.8, 4) is 0 Å². The van der Waals surface area contributed by atoms with E-state index in [4.69, 9.17) is 4.74 Å². The lowest BCUT2D eigenvalue weighted by Gasteiger charge is -2.55. The number of ketones is 2. The van der Waals surface area contributed by atoms with Crippen LogP contribution in [-0.4, -0.2) is 35.9 Å². The van der Waals surface area contributed by atoms with Crippen LogP contribution >= 0.6 is 0 Å². The van der Waals surface area contributed by atoms with Gasteiger partial charge in [0, 0.05) is 29.7 Å². The molecule has 4 aliphatic carbocycles. The number of esters is 1. The van der Waals surface area contributed by atoms with E-state index in [0.717, 1.165) is 48.8 Å². The fraction of sp³-hybridized carbons (Fsp3) is 0.767. The average molecular weight is 485 g/mol. The second-order valence-electron chi connectivity index (χ2n) is 12.6. The van der Waals surface area contributed by atoms with Gasteiger partial charge in [-0.2, -0.15) is 0 Å². The van der Waals surface area contributed by atoms with Crippen LogP contribution in [0.5, 0.6) is 0 Å². The molecule has 0 aromatic carbocycles. The van der Waals surface area contributed by atoms with Crippen LogP contribution in [0.4, 0.5) is 0 Å². The highest BCUT2D eigenvalue weighted by atomic mass is 16.5. The van der Waals surface area contributed by atoms with Crippen molar-refractivity contribution in [1.29, 1.82) is 0 Å². The Labute approximate surface area is 210 Å². The second kappa shape index (κ2) is 9.28. The molecule has 2 fully saturated rings. The molecule has 0 spiro atoms. The van der Waals surface area contributed by atoms with E-state index in [9.17, 15) is 19.5 Å². The van der Waals surface area contributed by atoms with E-state index in [1.165, 1.54) is 7.11 Å². The van der Waals surface area contributed by atoms with Gasteiger partial charge in [0.05, 0.1) is 19.1 Å². The summed E-state index contributed by atoms with van der Waals surface area (Å²) in [6.07, 6.45) is 5.50. The van der Waals surface area contributed by atoms with Crippen molar-refractivity contribution in [2.24, 2.45) is 46.3 Å². The molecule has 2 saturated carbocycles. The fourth-order valence-corrected chi connectivity index (χ4v) is 8.67. The number of carbonyl (C=O) groups is 3. The van der Waals surface area contributed by atoms with Gasteiger partial charge in [-0.05, 0) is 80.1 Å². The first kappa shape index (κ1) is 26.3. The highest BCUT2D eigenvalue weighted by Gasteiger charge is 2.61. The smallest absolute Gasteiger partial charge is 0.312 e. The highest BCUT2D eigenvalue weighted by Crippen LogP contribution is 2.65. The molecule has 0 bridgehead atoms. The number of hydrogen-bond donors (Lipinski definition) is 1. The standard InChI is InChI=1S/C30H44O5/c1-16(18(3)28(34)35-7)8-9-17(2)20-10-11-21-26-24(32)14-22-19(4)23(31)12-13-29(22,5)27(26)25(33)15-30(20,21)6/h17-22,24,32H,1,8-15H2,2-7H3/t17-,18?,19+,20?,21?,22?,24-,29+,30-/m1/s1. The third kappa shape index (κ3) is 4.06. The summed E-state index contributed by atoms with van der Waals surface area (Å²) in [4.78, 5) is 38.3. The molecule has 1 N–H and O–H groups in total. The molecule has 5 nitrogen and oxygen atoms in total. The summed E-state index contributed by atoms with van der Waals surface area (Å²) in [7, 11) is 1.41. The number of aliphatic hydroxyl groups excluding tert-OH is 1. The zero-order chi connectivity index (χ0) is 25.9. The number of ether oxygens (including phenoxy) is 1. The lowest BCUT2D eigenvalue weighted by atomic mass is 9.48. The third-order valence-corrected chi connectivity index (χ3v) is 10.9. The van der Waals surface area contributed by atoms with Gasteiger partial charge in [0.25, 0.3) is 0 Å². The topological polar surface area (TPSA) is 80.7 Å². The van der Waals surface area contributed by atoms with Crippen LogP contribution in [0.2, 0.25) is 0 Å². The molecule has 0 heterocycles. The number of Topliss-reactive ketones (excluding diaryl/α,β-unsaturated/α-hetero) is 2. The number of methoxy groups -OCH3 is 1. The van der Waals surface area contributed by atoms with Crippen molar-refractivity contribution < 1.29 is 24.2 Å². The minimum absolute atomic E-state index is 0.0461. The molecule has 0 amide bonds. The minimum atomic E-state index is -0.625. The van der Waals surface area contributed by atoms with Crippen molar-refractivity contribution in [1.82, 2.24) is 0 Å². The molecule has 4 aliphatic rings. The molecule has 0 saturated heterocycles. The molecular formula is C30H44O5. The Kier molecular flexibility index (Phi) is 6.98. The SMILES string of the molecule is C=C(CC[C@@H](C)C1CCC2C3=C(C(=O)C[C@@]21C)[C@@]1(C)CCC(=O)[C@@H](C)C1C[C@H]3O)C(C)C(=O)OC. The van der Waals surface area contributed by atoms with E-state index in [2.05, 4.69) is 27.4 Å². The number of aliphatic hydroxyl groups is 1. The predicted octanol–water partition coefficient (Wildman–Crippen LogP) is 5.46. The summed E-state index contributed by atoms with van der Waals surface area (Å²) in [5.74, 6) is 0.864. The molecule has 35 heavy (non-hydrogen) atoms. The van der Waals surface area contributed by atoms with Crippen LogP contribution in [0.1, 0.15) is 86.0 Å². The molecule has 194 valence electrons. The zero-order valence-corrected chi connectivity index (χ0v) is 22.5. The summed E-state index contributed by atoms with van der Waals surface area (Å²) in [5.41, 5.74) is 2.34. The largest absolute Gasteiger partial charge is 0.469 e. The maximum atomic E-state index is 13.9. The van der Waals surface area contributed by atoms with Gasteiger partial charge in [0.2, 0.25) is 0 Å². The first-order chi connectivity index (χ1) is 16.4. The Bertz CT molecular complexity index is 962. The van der Waals surface area contributed by atoms with Crippen LogP contribution in [-0.2, 0) is 19.1 Å². The van der Waals surface area contributed by atoms with Crippen LogP contribution in [0, 0.1) is 46.3 Å². The van der Waals surface area contributed by atoms with Crippen molar-refractivity contribution in [2.45, 2.75) is 92.1 Å². The lowest BCUT2D eigenvalue weighted by molar-refractivity contribution is -0.143. The summed E-state index contributed by atoms with van der Waals surface area (Å²) < 4.78 is 4.87. The normalized spacial score (nSPS) is 40.5. The summed E-state index contributed by atoms with van der Waals surface area (Å²) in [6.45, 7) is 14.7. The zero-order valence-electron chi connectivity index (χ0n) is 22.5. The van der Waals surface area contributed by atoms with Crippen molar-refractivity contribution in [3.05, 3.63) is 23.3 Å². The van der Waals surface area contributed by atoms with Crippen LogP contribution in [0.3, 0.4) is 0 Å². The van der Waals surface area contributed by atoms with Crippen LogP contribution in [0.15, 0.2) is 23.3 Å². The maximum absolute atomic E-state index is 13.9. The van der Waals surface area contributed by atoms with Gasteiger partial charge in [-0.1, -0.05) is 39.8 Å². The van der Waals surface area contributed by atoms with Crippen LogP contribution < -0.4 is 0 Å². The molecule has 0 aromatic heterocycles. The Balaban J connectivity index is 1.58. The third-order valence-electron chi connectivity index (χ3n) is 10.9. The molecule has 0 aliphatic heterocycles. The molecule has 9 atom stereocenters. The monoisotopic (exact) mass is 484 g/mol. The Morgan fingerprint density at radius 2 is 1.91 bits per heavy atom. The van der Waals surface area contributed by atoms with Crippen molar-refractivity contribution >= 4 is 17.5 Å². The first-order valence-electron chi connectivity index (χ1n) is 13.6. The average Bonchev–Trinajstić information content (AvgIpc) is 3.16. The Morgan fingerprint density at radius 3 is 2.57 bits per heavy atom. The maximum Gasteiger partial charge on any atom is 0.312 e. The number of allylic oxidation sites excluding steroid dienone is 1. The van der Waals surface area contributed by atoms with Gasteiger partial charge in [-0.15, -0.1) is 0 Å². The molecule has 0 radical (unpaired) electrons. The molecule has 4 unspecified atom stereocenters. The Morgan fingerprint density at radius 1 is 1.23 bits per heavy atom. The minimum Gasteiger partial charge on any atom is -0.469 e. The molecule has 5 heteroatoms. The number of fused-ring (bicyclic) bond motifs is 4. The lowest BCUT2D eigenvalue weighted by Crippen LogP contribution is -2.54. The van der Waals surface area contributed by atoms with Gasteiger partial charge in [-0.25, -0.2) is 0 Å². The van der Waals surface area contributed by atoms with E-state index >= 15 is 0 Å². The second-order valence-corrected chi connectivity index (χ2v) is 12.6. The van der Waals surface area contributed by atoms with Gasteiger partial charge < -0.3 is 9.84 Å². The van der Waals surface area contributed by atoms with Gasteiger partial charge >= 0.3 is 5.97 Å². The fourth-order valence-electron chi connectivity index (χ4n) is 8.67. The summed E-state index contributed by atoms with van der Waals surface area (Å²) in [5, 5.41) is 11.4. The van der Waals surface area contributed by atoms with Crippen LogP contribution in [0.25, 0.3) is 0 Å². The quantitative estimate of drug-likeness (QED) is 0.400. The number of carbonyl (C=O) groups excluding carboxylic acids is 3. The predicted molar refractivity (Wildman–Crippen MR) is 135 cm³/mol. The summed E-state index contributed by atoms with van der Waals surface area (Å²) in [6, 6.07) is 0. The van der Waals surface area contributed by atoms with E-state index < -0.39 is 6.10 Å². The molecular weight excluding hydrogens is 440 g/mol. The molecule has 4 rings (SSSR count).